The molecule has 2 aromatic carbocycles. The molecule has 1 atom stereocenters. The number of carboxylic acid groups (broad SMARTS) is 1. The van der Waals surface area contributed by atoms with Gasteiger partial charge in [0.05, 0.1) is 7.11 Å². The summed E-state index contributed by atoms with van der Waals surface area (Å²) in [6, 6.07) is 15.6. The van der Waals surface area contributed by atoms with Crippen LogP contribution in [-0.2, 0) is 14.3 Å². The molecule has 1 aromatic heterocycles. The Balaban J connectivity index is 1.39. The van der Waals surface area contributed by atoms with Gasteiger partial charge in [-0.2, -0.15) is 0 Å². The van der Waals surface area contributed by atoms with Crippen molar-refractivity contribution in [2.24, 2.45) is 0 Å². The summed E-state index contributed by atoms with van der Waals surface area (Å²) in [7, 11) is 1.68. The fraction of sp³-hybridized carbons (Fsp3) is 0.360. The first-order valence-electron chi connectivity index (χ1n) is 11.0. The van der Waals surface area contributed by atoms with Crippen LogP contribution in [0.5, 0.6) is 11.5 Å². The number of aromatic amines is 1. The van der Waals surface area contributed by atoms with E-state index in [1.807, 2.05) is 48.7 Å². The van der Waals surface area contributed by atoms with Crippen LogP contribution >= 0.6 is 0 Å². The zero-order valence-corrected chi connectivity index (χ0v) is 18.5. The lowest BCUT2D eigenvalue weighted by Crippen LogP contribution is -2.43. The average Bonchev–Trinajstić information content (AvgIpc) is 3.32. The van der Waals surface area contributed by atoms with E-state index in [-0.39, 0.29) is 6.61 Å². The van der Waals surface area contributed by atoms with E-state index in [1.54, 1.807) is 7.11 Å². The Morgan fingerprint density at radius 2 is 1.85 bits per heavy atom. The number of hydrogen-bond acceptors (Lipinski definition) is 6. The van der Waals surface area contributed by atoms with Crippen LogP contribution < -0.4 is 9.47 Å². The van der Waals surface area contributed by atoms with Crippen LogP contribution in [0.1, 0.15) is 24.3 Å². The van der Waals surface area contributed by atoms with Crippen LogP contribution in [0.4, 0.5) is 0 Å². The van der Waals surface area contributed by atoms with Gasteiger partial charge in [0.25, 0.3) is 0 Å². The van der Waals surface area contributed by atoms with Crippen molar-refractivity contribution < 1.29 is 28.9 Å². The van der Waals surface area contributed by atoms with Crippen LogP contribution in [0, 0.1) is 0 Å². The summed E-state index contributed by atoms with van der Waals surface area (Å²) in [4.78, 5) is 28.1. The van der Waals surface area contributed by atoms with Crippen molar-refractivity contribution in [3.63, 3.8) is 0 Å². The van der Waals surface area contributed by atoms with E-state index in [0.29, 0.717) is 18.2 Å². The van der Waals surface area contributed by atoms with Gasteiger partial charge in [-0.05, 0) is 61.7 Å². The van der Waals surface area contributed by atoms with Gasteiger partial charge in [0.15, 0.2) is 0 Å². The number of para-hydroxylation sites is 1. The third-order valence-corrected chi connectivity index (χ3v) is 6.06. The SMILES string of the molecule is COc1ccccc1C1CCN(C[C@@H](COc2cccc3[nH]ccc23)OC(=O)C(=O)O)CC1. The zero-order valence-electron chi connectivity index (χ0n) is 18.5. The lowest BCUT2D eigenvalue weighted by molar-refractivity contribution is -0.169. The van der Waals surface area contributed by atoms with Gasteiger partial charge in [0, 0.05) is 23.6 Å². The van der Waals surface area contributed by atoms with Crippen LogP contribution in [0.15, 0.2) is 54.7 Å². The molecule has 2 heterocycles. The second-order valence-electron chi connectivity index (χ2n) is 8.16. The monoisotopic (exact) mass is 452 g/mol. The molecule has 1 fully saturated rings. The number of hydrogen-bond donors (Lipinski definition) is 2. The molecule has 0 spiro atoms. The maximum Gasteiger partial charge on any atom is 0.417 e. The number of ether oxygens (including phenoxy) is 3. The number of nitrogens with one attached hydrogen (secondary N) is 1. The third kappa shape index (κ3) is 5.46. The number of carboxylic acids is 1. The summed E-state index contributed by atoms with van der Waals surface area (Å²) in [5.74, 6) is -0.939. The van der Waals surface area contributed by atoms with E-state index in [4.69, 9.17) is 19.3 Å². The van der Waals surface area contributed by atoms with E-state index in [1.165, 1.54) is 5.56 Å². The van der Waals surface area contributed by atoms with Crippen molar-refractivity contribution in [1.29, 1.82) is 0 Å². The van der Waals surface area contributed by atoms with E-state index >= 15 is 0 Å². The number of fused-ring (bicyclic) bond motifs is 1. The van der Waals surface area contributed by atoms with Crippen LogP contribution in [0.25, 0.3) is 10.9 Å². The lowest BCUT2D eigenvalue weighted by atomic mass is 9.88. The van der Waals surface area contributed by atoms with Crippen molar-refractivity contribution in [3.05, 3.63) is 60.3 Å². The summed E-state index contributed by atoms with van der Waals surface area (Å²) >= 11 is 0. The summed E-state index contributed by atoms with van der Waals surface area (Å²) in [5.41, 5.74) is 2.14. The van der Waals surface area contributed by atoms with E-state index in [9.17, 15) is 9.59 Å². The van der Waals surface area contributed by atoms with Gasteiger partial charge in [-0.25, -0.2) is 9.59 Å². The van der Waals surface area contributed by atoms with Gasteiger partial charge in [-0.1, -0.05) is 24.3 Å². The Morgan fingerprint density at radius 3 is 2.61 bits per heavy atom. The second kappa shape index (κ2) is 10.4. The molecule has 174 valence electrons. The maximum absolute atomic E-state index is 11.8. The topological polar surface area (TPSA) is 101 Å². The molecule has 3 aromatic rings. The number of nitrogens with zero attached hydrogens (tertiary/aromatic N) is 1. The molecule has 1 aliphatic rings. The third-order valence-electron chi connectivity index (χ3n) is 6.06. The Bertz CT molecular complexity index is 1100. The van der Waals surface area contributed by atoms with E-state index < -0.39 is 18.0 Å². The highest BCUT2D eigenvalue weighted by Crippen LogP contribution is 2.34. The number of esters is 1. The number of carbonyl (C=O) groups is 2. The number of H-pyrrole nitrogens is 1. The van der Waals surface area contributed by atoms with Crippen molar-refractivity contribution in [2.75, 3.05) is 33.4 Å². The van der Waals surface area contributed by atoms with Gasteiger partial charge in [-0.15, -0.1) is 0 Å². The number of piperidine rings is 1. The minimum absolute atomic E-state index is 0.0652. The first-order valence-corrected chi connectivity index (χ1v) is 11.0. The Kier molecular flexibility index (Phi) is 7.14. The smallest absolute Gasteiger partial charge is 0.417 e. The van der Waals surface area contributed by atoms with Crippen molar-refractivity contribution in [1.82, 2.24) is 9.88 Å². The van der Waals surface area contributed by atoms with Crippen molar-refractivity contribution >= 4 is 22.8 Å². The minimum Gasteiger partial charge on any atom is -0.496 e. The van der Waals surface area contributed by atoms with Crippen LogP contribution in [0.2, 0.25) is 0 Å². The second-order valence-corrected chi connectivity index (χ2v) is 8.16. The average molecular weight is 453 g/mol. The highest BCUT2D eigenvalue weighted by atomic mass is 16.6. The molecular weight excluding hydrogens is 424 g/mol. The van der Waals surface area contributed by atoms with Gasteiger partial charge in [-0.3, -0.25) is 4.90 Å². The number of benzene rings is 2. The predicted octanol–water partition coefficient (Wildman–Crippen LogP) is 3.43. The van der Waals surface area contributed by atoms with Gasteiger partial charge in [0.1, 0.15) is 24.2 Å². The van der Waals surface area contributed by atoms with Crippen LogP contribution in [0.3, 0.4) is 0 Å². The Labute approximate surface area is 192 Å². The zero-order chi connectivity index (χ0) is 23.2. The summed E-state index contributed by atoms with van der Waals surface area (Å²) in [5, 5.41) is 9.92. The molecule has 8 nitrogen and oxygen atoms in total. The molecular formula is C25H28N2O6. The quantitative estimate of drug-likeness (QED) is 0.399. The Hall–Kier alpha value is -3.52. The maximum atomic E-state index is 11.8. The molecule has 2 N–H and O–H groups in total. The minimum atomic E-state index is -1.61. The first kappa shape index (κ1) is 22.7. The molecule has 0 radical (unpaired) electrons. The molecule has 33 heavy (non-hydrogen) atoms. The molecule has 0 bridgehead atoms. The lowest BCUT2D eigenvalue weighted by Gasteiger charge is -2.34. The fourth-order valence-electron chi connectivity index (χ4n) is 4.41. The molecule has 8 heteroatoms. The van der Waals surface area contributed by atoms with Gasteiger partial charge < -0.3 is 24.3 Å². The molecule has 0 saturated carbocycles. The molecule has 0 aliphatic carbocycles. The fourth-order valence-corrected chi connectivity index (χ4v) is 4.41. The largest absolute Gasteiger partial charge is 0.496 e. The summed E-state index contributed by atoms with van der Waals surface area (Å²) < 4.78 is 16.7. The number of likely N-dealkylation sites (tertiary alicyclic amines) is 1. The predicted molar refractivity (Wildman–Crippen MR) is 123 cm³/mol. The molecule has 1 saturated heterocycles. The molecule has 1 aliphatic heterocycles. The van der Waals surface area contributed by atoms with Crippen molar-refractivity contribution in [3.8, 4) is 11.5 Å². The number of aliphatic carboxylic acids is 1. The normalized spacial score (nSPS) is 15.8. The molecule has 0 amide bonds. The van der Waals surface area contributed by atoms with Crippen molar-refractivity contribution in [2.45, 2.75) is 24.9 Å². The highest BCUT2D eigenvalue weighted by Gasteiger charge is 2.27. The first-order chi connectivity index (χ1) is 16.0. The molecule has 4 rings (SSSR count). The van der Waals surface area contributed by atoms with Gasteiger partial charge in [0.2, 0.25) is 0 Å². The highest BCUT2D eigenvalue weighted by molar-refractivity contribution is 6.28. The number of rotatable bonds is 8. The standard InChI is InChI=1S/C25H28N2O6/c1-31-22-7-3-2-5-19(22)17-10-13-27(14-11-17)15-18(33-25(30)24(28)29)16-32-23-8-4-6-21-20(23)9-12-26-21/h2-9,12,17-18,26H,10-11,13-16H2,1H3,(H,28,29)/t18-/m0/s1. The molecule has 0 unspecified atom stereocenters. The number of aromatic nitrogens is 1. The summed E-state index contributed by atoms with van der Waals surface area (Å²) in [6.07, 6.45) is 2.99. The number of carbonyl (C=O) groups excluding carboxylic acids is 1. The number of methoxy groups -OCH3 is 1. The van der Waals surface area contributed by atoms with E-state index in [2.05, 4.69) is 16.0 Å². The summed E-state index contributed by atoms with van der Waals surface area (Å²) in [6.45, 7) is 2.07. The van der Waals surface area contributed by atoms with Gasteiger partial charge >= 0.3 is 11.9 Å². The van der Waals surface area contributed by atoms with E-state index in [0.717, 1.165) is 42.6 Å². The van der Waals surface area contributed by atoms with Crippen LogP contribution in [-0.4, -0.2) is 66.4 Å². The Morgan fingerprint density at radius 1 is 1.09 bits per heavy atom.